The topological polar surface area (TPSA) is 40.6 Å². The highest BCUT2D eigenvalue weighted by atomic mass is 16.2. The van der Waals surface area contributed by atoms with E-state index in [-0.39, 0.29) is 5.91 Å². The van der Waals surface area contributed by atoms with Gasteiger partial charge in [0.2, 0.25) is 0 Å². The number of Topliss-reactive ketones (excluding diaryl/α,β-unsaturated/α-hetero) is 1. The van der Waals surface area contributed by atoms with Crippen molar-refractivity contribution in [3.05, 3.63) is 29.8 Å². The van der Waals surface area contributed by atoms with Gasteiger partial charge in [-0.15, -0.1) is 0 Å². The Hall–Kier alpha value is -1.84. The molecular weight excluding hydrogens is 252 g/mol. The summed E-state index contributed by atoms with van der Waals surface area (Å²) in [7, 11) is 3.49. The quantitative estimate of drug-likeness (QED) is 0.833. The number of nitrogens with zero attached hydrogens (tertiary/aromatic N) is 2. The van der Waals surface area contributed by atoms with Gasteiger partial charge in [0.1, 0.15) is 5.78 Å². The van der Waals surface area contributed by atoms with E-state index in [2.05, 4.69) is 4.90 Å². The number of ketones is 1. The van der Waals surface area contributed by atoms with Gasteiger partial charge in [-0.3, -0.25) is 9.59 Å². The van der Waals surface area contributed by atoms with Crippen LogP contribution in [0.5, 0.6) is 0 Å². The third kappa shape index (κ3) is 4.08. The number of carbonyl (C=O) groups excluding carboxylic acids is 2. The molecule has 0 aliphatic carbocycles. The number of amides is 1. The summed E-state index contributed by atoms with van der Waals surface area (Å²) in [5, 5.41) is 0. The van der Waals surface area contributed by atoms with Crippen molar-refractivity contribution in [2.45, 2.75) is 26.7 Å². The van der Waals surface area contributed by atoms with Gasteiger partial charge in [0.25, 0.3) is 5.91 Å². The highest BCUT2D eigenvalue weighted by Gasteiger charge is 2.16. The fraction of sp³-hybridized carbons (Fsp3) is 0.500. The smallest absolute Gasteiger partial charge is 0.253 e. The number of anilines is 1. The van der Waals surface area contributed by atoms with Crippen LogP contribution >= 0.6 is 0 Å². The number of hydrogen-bond acceptors (Lipinski definition) is 3. The van der Waals surface area contributed by atoms with E-state index in [0.717, 1.165) is 18.8 Å². The molecule has 2 rings (SSSR count). The van der Waals surface area contributed by atoms with Gasteiger partial charge in [0, 0.05) is 51.3 Å². The Balaban J connectivity index is 0.000000956. The summed E-state index contributed by atoms with van der Waals surface area (Å²) in [5.74, 6) is 0.348. The molecular formula is C16H24N2O2. The van der Waals surface area contributed by atoms with Gasteiger partial charge in [-0.1, -0.05) is 13.8 Å². The largest absolute Gasteiger partial charge is 0.371 e. The van der Waals surface area contributed by atoms with Crippen LogP contribution in [0.1, 0.15) is 37.0 Å². The van der Waals surface area contributed by atoms with E-state index in [1.807, 2.05) is 38.1 Å². The first kappa shape index (κ1) is 16.2. The second kappa shape index (κ2) is 7.68. The maximum atomic E-state index is 11.7. The van der Waals surface area contributed by atoms with E-state index < -0.39 is 0 Å². The average molecular weight is 276 g/mol. The molecule has 1 amide bonds. The Kier molecular flexibility index (Phi) is 6.22. The van der Waals surface area contributed by atoms with Gasteiger partial charge >= 0.3 is 0 Å². The van der Waals surface area contributed by atoms with Crippen molar-refractivity contribution in [3.63, 3.8) is 0 Å². The zero-order valence-corrected chi connectivity index (χ0v) is 12.8. The normalized spacial score (nSPS) is 14.4. The number of rotatable bonds is 2. The van der Waals surface area contributed by atoms with Crippen LogP contribution in [0, 0.1) is 0 Å². The second-order valence-electron chi connectivity index (χ2n) is 4.77. The van der Waals surface area contributed by atoms with E-state index in [0.29, 0.717) is 24.2 Å². The van der Waals surface area contributed by atoms with E-state index in [1.54, 1.807) is 19.0 Å². The summed E-state index contributed by atoms with van der Waals surface area (Å²) in [4.78, 5) is 26.7. The molecule has 110 valence electrons. The van der Waals surface area contributed by atoms with Gasteiger partial charge in [-0.25, -0.2) is 0 Å². The van der Waals surface area contributed by atoms with Crippen LogP contribution in [0.4, 0.5) is 5.69 Å². The molecule has 0 spiro atoms. The fourth-order valence-electron chi connectivity index (χ4n) is 2.09. The highest BCUT2D eigenvalue weighted by molar-refractivity contribution is 5.94. The molecule has 0 unspecified atom stereocenters. The van der Waals surface area contributed by atoms with Crippen LogP contribution in [0.3, 0.4) is 0 Å². The summed E-state index contributed by atoms with van der Waals surface area (Å²) in [6.45, 7) is 5.56. The average Bonchev–Trinajstić information content (AvgIpc) is 2.49. The van der Waals surface area contributed by atoms with Gasteiger partial charge in [0.05, 0.1) is 0 Å². The molecule has 20 heavy (non-hydrogen) atoms. The van der Waals surface area contributed by atoms with Crippen LogP contribution in [0.25, 0.3) is 0 Å². The van der Waals surface area contributed by atoms with Gasteiger partial charge in [0.15, 0.2) is 0 Å². The first-order valence-corrected chi connectivity index (χ1v) is 7.16. The van der Waals surface area contributed by atoms with Gasteiger partial charge < -0.3 is 9.80 Å². The van der Waals surface area contributed by atoms with Crippen LogP contribution in [-0.2, 0) is 4.79 Å². The molecule has 1 fully saturated rings. The minimum Gasteiger partial charge on any atom is -0.371 e. The summed E-state index contributed by atoms with van der Waals surface area (Å²) >= 11 is 0. The van der Waals surface area contributed by atoms with Crippen molar-refractivity contribution >= 4 is 17.4 Å². The monoisotopic (exact) mass is 276 g/mol. The minimum atomic E-state index is 0.00960. The zero-order chi connectivity index (χ0) is 15.1. The Morgan fingerprint density at radius 1 is 1.05 bits per heavy atom. The summed E-state index contributed by atoms with van der Waals surface area (Å²) in [6.07, 6.45) is 1.25. The lowest BCUT2D eigenvalue weighted by atomic mass is 10.1. The molecule has 0 aromatic heterocycles. The van der Waals surface area contributed by atoms with Crippen molar-refractivity contribution in [2.24, 2.45) is 0 Å². The summed E-state index contributed by atoms with van der Waals surface area (Å²) in [5.41, 5.74) is 1.77. The van der Waals surface area contributed by atoms with Gasteiger partial charge in [-0.2, -0.15) is 0 Å². The van der Waals surface area contributed by atoms with Crippen LogP contribution in [0.2, 0.25) is 0 Å². The van der Waals surface area contributed by atoms with Crippen molar-refractivity contribution < 1.29 is 9.59 Å². The molecule has 0 atom stereocenters. The summed E-state index contributed by atoms with van der Waals surface area (Å²) in [6, 6.07) is 7.58. The molecule has 1 saturated heterocycles. The van der Waals surface area contributed by atoms with Crippen molar-refractivity contribution in [3.8, 4) is 0 Å². The number of piperidine rings is 1. The van der Waals surface area contributed by atoms with Crippen LogP contribution < -0.4 is 4.90 Å². The maximum absolute atomic E-state index is 11.7. The predicted molar refractivity (Wildman–Crippen MR) is 82.3 cm³/mol. The molecule has 1 aliphatic rings. The number of benzene rings is 1. The lowest BCUT2D eigenvalue weighted by molar-refractivity contribution is -0.119. The first-order valence-electron chi connectivity index (χ1n) is 7.16. The lowest BCUT2D eigenvalue weighted by Gasteiger charge is -2.28. The third-order valence-corrected chi connectivity index (χ3v) is 3.21. The first-order chi connectivity index (χ1) is 9.58. The van der Waals surface area contributed by atoms with Crippen molar-refractivity contribution in [1.82, 2.24) is 4.90 Å². The number of hydrogen-bond donors (Lipinski definition) is 0. The Bertz CT molecular complexity index is 442. The molecule has 1 aliphatic heterocycles. The minimum absolute atomic E-state index is 0.00960. The molecule has 0 bridgehead atoms. The van der Waals surface area contributed by atoms with E-state index in [9.17, 15) is 9.59 Å². The molecule has 1 aromatic carbocycles. The molecule has 0 N–H and O–H groups in total. The van der Waals surface area contributed by atoms with Crippen LogP contribution in [-0.4, -0.2) is 43.8 Å². The van der Waals surface area contributed by atoms with Gasteiger partial charge in [-0.05, 0) is 24.3 Å². The Labute approximate surface area is 121 Å². The predicted octanol–water partition coefficient (Wildman–Crippen LogP) is 2.58. The summed E-state index contributed by atoms with van der Waals surface area (Å²) < 4.78 is 0. The molecule has 1 heterocycles. The molecule has 4 nitrogen and oxygen atoms in total. The maximum Gasteiger partial charge on any atom is 0.253 e. The third-order valence-electron chi connectivity index (χ3n) is 3.21. The van der Waals surface area contributed by atoms with Crippen molar-refractivity contribution in [1.29, 1.82) is 0 Å². The molecule has 1 aromatic rings. The fourth-order valence-corrected chi connectivity index (χ4v) is 2.09. The Morgan fingerprint density at radius 3 is 2.00 bits per heavy atom. The number of carbonyl (C=O) groups is 2. The second-order valence-corrected chi connectivity index (χ2v) is 4.77. The molecule has 4 heteroatoms. The SMILES string of the molecule is CC.CN(C)C(=O)c1ccc(N2CCC(=O)CC2)cc1. The standard InChI is InChI=1S/C14H18N2O2.C2H6/c1-15(2)14(18)11-3-5-12(6-4-11)16-9-7-13(17)8-10-16;1-2/h3-6H,7-10H2,1-2H3;1-2H3. The highest BCUT2D eigenvalue weighted by Crippen LogP contribution is 2.19. The zero-order valence-electron chi connectivity index (χ0n) is 12.8. The van der Waals surface area contributed by atoms with E-state index in [4.69, 9.17) is 0 Å². The van der Waals surface area contributed by atoms with E-state index >= 15 is 0 Å². The van der Waals surface area contributed by atoms with Crippen molar-refractivity contribution in [2.75, 3.05) is 32.1 Å². The van der Waals surface area contributed by atoms with Crippen LogP contribution in [0.15, 0.2) is 24.3 Å². The molecule has 0 saturated carbocycles. The lowest BCUT2D eigenvalue weighted by Crippen LogP contribution is -2.33. The van der Waals surface area contributed by atoms with E-state index in [1.165, 1.54) is 0 Å². The Morgan fingerprint density at radius 2 is 1.55 bits per heavy atom. The molecule has 0 radical (unpaired) electrons.